The number of hydrogen-bond donors (Lipinski definition) is 2. The maximum atomic E-state index is 13.3. The molecule has 1 aliphatic rings. The van der Waals surface area contributed by atoms with Gasteiger partial charge in [0, 0.05) is 18.9 Å². The van der Waals surface area contributed by atoms with Gasteiger partial charge in [0.05, 0.1) is 0 Å². The van der Waals surface area contributed by atoms with E-state index in [4.69, 9.17) is 5.11 Å². The molecule has 1 fully saturated rings. The van der Waals surface area contributed by atoms with Gasteiger partial charge >= 0.3 is 5.97 Å². The highest BCUT2D eigenvalue weighted by atomic mass is 19.3. The first-order valence-corrected chi connectivity index (χ1v) is 7.19. The number of carbonyl (C=O) groups is 2. The fourth-order valence-electron chi connectivity index (χ4n) is 2.41. The molecule has 1 aromatic rings. The predicted molar refractivity (Wildman–Crippen MR) is 76.6 cm³/mol. The van der Waals surface area contributed by atoms with Crippen molar-refractivity contribution in [3.63, 3.8) is 0 Å². The van der Waals surface area contributed by atoms with Crippen LogP contribution in [0.1, 0.15) is 31.7 Å². The third-order valence-corrected chi connectivity index (χ3v) is 4.13. The van der Waals surface area contributed by atoms with Gasteiger partial charge in [0.1, 0.15) is 5.41 Å². The molecule has 2 unspecified atom stereocenters. The quantitative estimate of drug-likeness (QED) is 0.813. The number of amides is 1. The fourth-order valence-corrected chi connectivity index (χ4v) is 2.41. The lowest BCUT2D eigenvalue weighted by Crippen LogP contribution is -2.42. The number of nitrogens with one attached hydrogen (secondary N) is 1. The van der Waals surface area contributed by atoms with E-state index in [0.29, 0.717) is 6.42 Å². The van der Waals surface area contributed by atoms with Crippen molar-refractivity contribution in [3.05, 3.63) is 35.9 Å². The molecule has 2 atom stereocenters. The second-order valence-corrected chi connectivity index (χ2v) is 6.01. The third-order valence-electron chi connectivity index (χ3n) is 4.13. The molecule has 0 bridgehead atoms. The van der Waals surface area contributed by atoms with E-state index in [1.54, 1.807) is 0 Å². The average Bonchev–Trinajstić information content (AvgIpc) is 2.97. The van der Waals surface area contributed by atoms with E-state index in [2.05, 4.69) is 5.32 Å². The van der Waals surface area contributed by atoms with Gasteiger partial charge < -0.3 is 10.4 Å². The van der Waals surface area contributed by atoms with Gasteiger partial charge in [-0.1, -0.05) is 30.3 Å². The van der Waals surface area contributed by atoms with E-state index in [1.807, 2.05) is 30.3 Å². The van der Waals surface area contributed by atoms with Gasteiger partial charge in [-0.15, -0.1) is 0 Å². The van der Waals surface area contributed by atoms with Crippen LogP contribution in [0, 0.1) is 5.41 Å². The Balaban J connectivity index is 2.01. The van der Waals surface area contributed by atoms with E-state index >= 15 is 0 Å². The van der Waals surface area contributed by atoms with E-state index in [0.717, 1.165) is 5.56 Å². The number of halogens is 2. The summed E-state index contributed by atoms with van der Waals surface area (Å²) in [6.07, 6.45) is 0.0485. The second kappa shape index (κ2) is 6.02. The minimum Gasteiger partial charge on any atom is -0.481 e. The Kier molecular flexibility index (Phi) is 4.49. The molecule has 1 amide bonds. The van der Waals surface area contributed by atoms with E-state index in [-0.39, 0.29) is 12.8 Å². The zero-order chi connectivity index (χ0) is 16.4. The van der Waals surface area contributed by atoms with Crippen molar-refractivity contribution >= 4 is 11.9 Å². The van der Waals surface area contributed by atoms with Crippen molar-refractivity contribution in [2.24, 2.45) is 5.41 Å². The van der Waals surface area contributed by atoms with Crippen molar-refractivity contribution < 1.29 is 23.5 Å². The molecular formula is C16H19F2NO3. The topological polar surface area (TPSA) is 66.4 Å². The summed E-state index contributed by atoms with van der Waals surface area (Å²) < 4.78 is 26.5. The molecule has 0 aromatic heterocycles. The molecule has 1 saturated carbocycles. The molecule has 120 valence electrons. The molecule has 0 saturated heterocycles. The van der Waals surface area contributed by atoms with Crippen LogP contribution in [0.3, 0.4) is 0 Å². The molecule has 2 rings (SSSR count). The van der Waals surface area contributed by atoms with Crippen LogP contribution in [0.25, 0.3) is 0 Å². The Morgan fingerprint density at radius 1 is 1.32 bits per heavy atom. The molecule has 0 heterocycles. The van der Waals surface area contributed by atoms with Crippen molar-refractivity contribution in [2.75, 3.05) is 0 Å². The zero-order valence-electron chi connectivity index (χ0n) is 12.3. The first-order valence-electron chi connectivity index (χ1n) is 7.19. The van der Waals surface area contributed by atoms with Crippen LogP contribution in [0.4, 0.5) is 8.78 Å². The number of rotatable bonds is 7. The van der Waals surface area contributed by atoms with Crippen LogP contribution in [0.15, 0.2) is 30.3 Å². The molecule has 22 heavy (non-hydrogen) atoms. The molecule has 0 aliphatic heterocycles. The van der Waals surface area contributed by atoms with Crippen LogP contribution in [0.2, 0.25) is 0 Å². The number of carboxylic acids is 1. The number of carbonyl (C=O) groups excluding carboxylic acids is 1. The largest absolute Gasteiger partial charge is 0.481 e. The van der Waals surface area contributed by atoms with Gasteiger partial charge in [0.2, 0.25) is 5.91 Å². The summed E-state index contributed by atoms with van der Waals surface area (Å²) in [5.74, 6) is -4.65. The van der Waals surface area contributed by atoms with Crippen LogP contribution < -0.4 is 5.32 Å². The summed E-state index contributed by atoms with van der Waals surface area (Å²) in [6, 6.07) is 8.75. The molecule has 1 aliphatic carbocycles. The highest BCUT2D eigenvalue weighted by Crippen LogP contribution is 2.60. The maximum Gasteiger partial charge on any atom is 0.303 e. The molecule has 1 aromatic carbocycles. The van der Waals surface area contributed by atoms with Crippen molar-refractivity contribution in [1.82, 2.24) is 5.32 Å². The summed E-state index contributed by atoms with van der Waals surface area (Å²) in [5, 5.41) is 11.4. The van der Waals surface area contributed by atoms with Crippen molar-refractivity contribution in [2.45, 2.75) is 44.6 Å². The first kappa shape index (κ1) is 16.4. The summed E-state index contributed by atoms with van der Waals surface area (Å²) in [7, 11) is 0. The summed E-state index contributed by atoms with van der Waals surface area (Å²) in [5.41, 5.74) is -0.739. The average molecular weight is 311 g/mol. The van der Waals surface area contributed by atoms with Crippen LogP contribution in [0.5, 0.6) is 0 Å². The number of aliphatic carboxylic acids is 1. The van der Waals surface area contributed by atoms with Gasteiger partial charge in [-0.25, -0.2) is 8.78 Å². The lowest BCUT2D eigenvalue weighted by atomic mass is 10.00. The fraction of sp³-hybridized carbons (Fsp3) is 0.500. The van der Waals surface area contributed by atoms with Crippen LogP contribution in [-0.4, -0.2) is 28.9 Å². The molecule has 4 nitrogen and oxygen atoms in total. The standard InChI is InChI=1S/C16H19F2NO3/c1-15(10-16(15,17)18)14(22)19-12(7-8-13(20)21)9-11-5-3-2-4-6-11/h2-6,12H,7-10H2,1H3,(H,19,22)(H,20,21). The van der Waals surface area contributed by atoms with Gasteiger partial charge in [0.25, 0.3) is 5.92 Å². The number of benzene rings is 1. The van der Waals surface area contributed by atoms with Crippen LogP contribution >= 0.6 is 0 Å². The Bertz CT molecular complexity index is 562. The lowest BCUT2D eigenvalue weighted by molar-refractivity contribution is -0.138. The van der Waals surface area contributed by atoms with Gasteiger partial charge in [-0.05, 0) is 25.3 Å². The maximum absolute atomic E-state index is 13.3. The van der Waals surface area contributed by atoms with Gasteiger partial charge in [-0.3, -0.25) is 9.59 Å². The Hall–Kier alpha value is -1.98. The Morgan fingerprint density at radius 2 is 1.91 bits per heavy atom. The van der Waals surface area contributed by atoms with E-state index < -0.39 is 35.7 Å². The van der Waals surface area contributed by atoms with E-state index in [9.17, 15) is 18.4 Å². The minimum absolute atomic E-state index is 0.120. The minimum atomic E-state index is -2.97. The molecule has 0 spiro atoms. The van der Waals surface area contributed by atoms with E-state index in [1.165, 1.54) is 6.92 Å². The number of alkyl halides is 2. The Labute approximate surface area is 127 Å². The Morgan fingerprint density at radius 3 is 2.41 bits per heavy atom. The summed E-state index contributed by atoms with van der Waals surface area (Å²) in [4.78, 5) is 22.8. The first-order chi connectivity index (χ1) is 10.2. The van der Waals surface area contributed by atoms with Crippen molar-refractivity contribution in [1.29, 1.82) is 0 Å². The molecule has 6 heteroatoms. The van der Waals surface area contributed by atoms with Crippen LogP contribution in [-0.2, 0) is 16.0 Å². The van der Waals surface area contributed by atoms with Crippen molar-refractivity contribution in [3.8, 4) is 0 Å². The SMILES string of the molecule is CC1(C(=O)NC(CCC(=O)O)Cc2ccccc2)CC1(F)F. The number of hydrogen-bond acceptors (Lipinski definition) is 2. The highest BCUT2D eigenvalue weighted by Gasteiger charge is 2.72. The monoisotopic (exact) mass is 311 g/mol. The van der Waals surface area contributed by atoms with Gasteiger partial charge in [-0.2, -0.15) is 0 Å². The summed E-state index contributed by atoms with van der Waals surface area (Å²) >= 11 is 0. The zero-order valence-corrected chi connectivity index (χ0v) is 12.3. The third kappa shape index (κ3) is 3.61. The number of carboxylic acid groups (broad SMARTS) is 1. The lowest BCUT2D eigenvalue weighted by Gasteiger charge is -2.21. The normalized spacial score (nSPS) is 23.6. The van der Waals surface area contributed by atoms with Gasteiger partial charge in [0.15, 0.2) is 0 Å². The second-order valence-electron chi connectivity index (χ2n) is 6.01. The predicted octanol–water partition coefficient (Wildman–Crippen LogP) is 2.62. The molecular weight excluding hydrogens is 292 g/mol. The smallest absolute Gasteiger partial charge is 0.303 e. The summed E-state index contributed by atoms with van der Waals surface area (Å²) in [6.45, 7) is 1.24. The molecule has 2 N–H and O–H groups in total. The highest BCUT2D eigenvalue weighted by molar-refractivity contribution is 5.87. The molecule has 0 radical (unpaired) electrons.